The molecule has 4 nitrogen and oxygen atoms in total. The molecule has 0 saturated heterocycles. The topological polar surface area (TPSA) is 38.1 Å². The number of benzene rings is 1. The number of hydrogen-bond acceptors (Lipinski definition) is 2. The molecule has 0 saturated carbocycles. The van der Waals surface area contributed by atoms with Crippen LogP contribution in [0.1, 0.15) is 16.8 Å². The van der Waals surface area contributed by atoms with E-state index in [0.717, 1.165) is 5.69 Å². The summed E-state index contributed by atoms with van der Waals surface area (Å²) in [6.45, 7) is 3.78. The van der Waals surface area contributed by atoms with Crippen molar-refractivity contribution in [1.29, 1.82) is 0 Å². The maximum atomic E-state index is 12.0. The number of aromatic nitrogens is 2. The van der Waals surface area contributed by atoms with Crippen LogP contribution in [0, 0.1) is 6.92 Å². The first kappa shape index (κ1) is 11.0. The lowest BCUT2D eigenvalue weighted by Gasteiger charge is -2.28. The van der Waals surface area contributed by atoms with E-state index in [-0.39, 0.29) is 5.91 Å². The summed E-state index contributed by atoms with van der Waals surface area (Å²) < 4.78 is 1.91. The molecule has 0 atom stereocenters. The first-order valence-electron chi connectivity index (χ1n) is 6.05. The van der Waals surface area contributed by atoms with Crippen molar-refractivity contribution >= 4 is 5.91 Å². The zero-order valence-electron chi connectivity index (χ0n) is 10.3. The minimum atomic E-state index is 0.154. The molecular formula is C14H15N3O. The summed E-state index contributed by atoms with van der Waals surface area (Å²) in [6.07, 6.45) is 3.55. The van der Waals surface area contributed by atoms with Crippen molar-refractivity contribution in [2.75, 3.05) is 0 Å². The predicted molar refractivity (Wildman–Crippen MR) is 67.7 cm³/mol. The lowest BCUT2D eigenvalue weighted by atomic mass is 10.1. The number of aryl methyl sites for hydroxylation is 1. The highest BCUT2D eigenvalue weighted by Gasteiger charge is 2.22. The predicted octanol–water partition coefficient (Wildman–Crippen LogP) is 1.73. The van der Waals surface area contributed by atoms with Crippen LogP contribution in [0.2, 0.25) is 0 Å². The Labute approximate surface area is 106 Å². The van der Waals surface area contributed by atoms with Gasteiger partial charge in [0.25, 0.3) is 0 Å². The molecule has 0 unspecified atom stereocenters. The average molecular weight is 241 g/mol. The minimum absolute atomic E-state index is 0.154. The fourth-order valence-electron chi connectivity index (χ4n) is 2.21. The Morgan fingerprint density at radius 3 is 2.78 bits per heavy atom. The highest BCUT2D eigenvalue weighted by molar-refractivity contribution is 5.77. The zero-order chi connectivity index (χ0) is 12.5. The molecule has 1 amide bonds. The Balaban J connectivity index is 1.78. The lowest BCUT2D eigenvalue weighted by molar-refractivity contribution is -0.134. The summed E-state index contributed by atoms with van der Waals surface area (Å²) in [5.41, 5.74) is 3.51. The third-order valence-corrected chi connectivity index (χ3v) is 3.30. The van der Waals surface area contributed by atoms with Gasteiger partial charge >= 0.3 is 0 Å². The van der Waals surface area contributed by atoms with Crippen LogP contribution in [0.5, 0.6) is 0 Å². The third-order valence-electron chi connectivity index (χ3n) is 3.30. The van der Waals surface area contributed by atoms with Gasteiger partial charge in [0, 0.05) is 12.7 Å². The van der Waals surface area contributed by atoms with E-state index in [2.05, 4.69) is 36.2 Å². The number of amides is 1. The van der Waals surface area contributed by atoms with Gasteiger partial charge in [-0.15, -0.1) is 0 Å². The zero-order valence-corrected chi connectivity index (χ0v) is 10.3. The van der Waals surface area contributed by atoms with E-state index in [0.29, 0.717) is 19.6 Å². The summed E-state index contributed by atoms with van der Waals surface area (Å²) in [5.74, 6) is 0.154. The van der Waals surface area contributed by atoms with Crippen LogP contribution < -0.4 is 0 Å². The molecule has 0 N–H and O–H groups in total. The van der Waals surface area contributed by atoms with Crippen LogP contribution in [-0.4, -0.2) is 20.4 Å². The van der Waals surface area contributed by atoms with E-state index >= 15 is 0 Å². The first-order valence-corrected chi connectivity index (χ1v) is 6.05. The van der Waals surface area contributed by atoms with E-state index in [1.165, 1.54) is 11.1 Å². The fourth-order valence-corrected chi connectivity index (χ4v) is 2.21. The number of carbonyl (C=O) groups excluding carboxylic acids is 1. The van der Waals surface area contributed by atoms with Crippen molar-refractivity contribution in [2.24, 2.45) is 0 Å². The number of imidazole rings is 1. The van der Waals surface area contributed by atoms with Crippen LogP contribution in [-0.2, 0) is 24.4 Å². The van der Waals surface area contributed by atoms with Gasteiger partial charge in [0.15, 0.2) is 0 Å². The molecule has 2 aromatic rings. The van der Waals surface area contributed by atoms with Crippen molar-refractivity contribution < 1.29 is 4.79 Å². The monoisotopic (exact) mass is 241 g/mol. The van der Waals surface area contributed by atoms with Gasteiger partial charge in [0.05, 0.1) is 18.6 Å². The Morgan fingerprint density at radius 2 is 2.00 bits per heavy atom. The van der Waals surface area contributed by atoms with E-state index in [4.69, 9.17) is 0 Å². The molecule has 18 heavy (non-hydrogen) atoms. The van der Waals surface area contributed by atoms with Gasteiger partial charge in [-0.2, -0.15) is 0 Å². The molecule has 0 bridgehead atoms. The van der Waals surface area contributed by atoms with Crippen molar-refractivity contribution in [3.05, 3.63) is 53.6 Å². The molecule has 1 aliphatic rings. The number of carbonyl (C=O) groups is 1. The van der Waals surface area contributed by atoms with Crippen LogP contribution >= 0.6 is 0 Å². The highest BCUT2D eigenvalue weighted by Crippen LogP contribution is 2.16. The van der Waals surface area contributed by atoms with Crippen molar-refractivity contribution in [1.82, 2.24) is 14.5 Å². The van der Waals surface area contributed by atoms with Gasteiger partial charge in [-0.05, 0) is 12.5 Å². The number of nitrogens with zero attached hydrogens (tertiary/aromatic N) is 3. The quantitative estimate of drug-likeness (QED) is 0.803. The summed E-state index contributed by atoms with van der Waals surface area (Å²) in [5, 5.41) is 0. The van der Waals surface area contributed by atoms with Gasteiger partial charge in [-0.25, -0.2) is 4.98 Å². The van der Waals surface area contributed by atoms with Crippen molar-refractivity contribution in [3.63, 3.8) is 0 Å². The van der Waals surface area contributed by atoms with Gasteiger partial charge in [0.2, 0.25) is 5.91 Å². The lowest BCUT2D eigenvalue weighted by Crippen LogP contribution is -2.38. The molecule has 4 heteroatoms. The Hall–Kier alpha value is -2.10. The maximum Gasteiger partial charge on any atom is 0.243 e. The SMILES string of the molecule is Cc1ccc(CN2Cc3cncn3CC2=O)cc1. The van der Waals surface area contributed by atoms with Gasteiger partial charge in [0.1, 0.15) is 6.54 Å². The molecule has 1 aromatic carbocycles. The largest absolute Gasteiger partial charge is 0.331 e. The molecule has 0 fully saturated rings. The standard InChI is InChI=1S/C14H15N3O/c1-11-2-4-12(5-3-11)7-16-8-13-6-15-10-17(13)9-14(16)18/h2-6,10H,7-9H2,1H3. The Morgan fingerprint density at radius 1 is 1.22 bits per heavy atom. The second-order valence-corrected chi connectivity index (χ2v) is 4.75. The molecule has 0 aliphatic carbocycles. The molecule has 2 heterocycles. The van der Waals surface area contributed by atoms with E-state index in [1.807, 2.05) is 15.7 Å². The van der Waals surface area contributed by atoms with E-state index in [9.17, 15) is 4.79 Å². The highest BCUT2D eigenvalue weighted by atomic mass is 16.2. The normalized spacial score (nSPS) is 14.7. The fraction of sp³-hybridized carbons (Fsp3) is 0.286. The number of fused-ring (bicyclic) bond motifs is 1. The van der Waals surface area contributed by atoms with Crippen LogP contribution in [0.4, 0.5) is 0 Å². The second-order valence-electron chi connectivity index (χ2n) is 4.75. The molecule has 92 valence electrons. The van der Waals surface area contributed by atoms with Gasteiger partial charge in [-0.1, -0.05) is 29.8 Å². The Bertz CT molecular complexity index is 571. The summed E-state index contributed by atoms with van der Waals surface area (Å²) in [7, 11) is 0. The summed E-state index contributed by atoms with van der Waals surface area (Å²) >= 11 is 0. The summed E-state index contributed by atoms with van der Waals surface area (Å²) in [4.78, 5) is 18.0. The molecule has 0 radical (unpaired) electrons. The summed E-state index contributed by atoms with van der Waals surface area (Å²) in [6, 6.07) is 8.31. The third kappa shape index (κ3) is 2.01. The molecular weight excluding hydrogens is 226 g/mol. The molecule has 3 rings (SSSR count). The average Bonchev–Trinajstić information content (AvgIpc) is 2.79. The number of hydrogen-bond donors (Lipinski definition) is 0. The van der Waals surface area contributed by atoms with Crippen LogP contribution in [0.3, 0.4) is 0 Å². The molecule has 1 aromatic heterocycles. The second kappa shape index (κ2) is 4.29. The van der Waals surface area contributed by atoms with Gasteiger partial charge < -0.3 is 9.47 Å². The van der Waals surface area contributed by atoms with Crippen molar-refractivity contribution in [2.45, 2.75) is 26.6 Å². The molecule has 1 aliphatic heterocycles. The van der Waals surface area contributed by atoms with Crippen LogP contribution in [0.15, 0.2) is 36.8 Å². The van der Waals surface area contributed by atoms with E-state index < -0.39 is 0 Å². The Kier molecular flexibility index (Phi) is 2.63. The minimum Gasteiger partial charge on any atom is -0.331 e. The molecule has 0 spiro atoms. The van der Waals surface area contributed by atoms with Crippen LogP contribution in [0.25, 0.3) is 0 Å². The number of rotatable bonds is 2. The first-order chi connectivity index (χ1) is 8.72. The van der Waals surface area contributed by atoms with E-state index in [1.54, 1.807) is 6.33 Å². The van der Waals surface area contributed by atoms with Crippen molar-refractivity contribution in [3.8, 4) is 0 Å². The maximum absolute atomic E-state index is 12.0. The smallest absolute Gasteiger partial charge is 0.243 e. The van der Waals surface area contributed by atoms with Gasteiger partial charge in [-0.3, -0.25) is 4.79 Å².